The zero-order valence-corrected chi connectivity index (χ0v) is 19.1. The highest BCUT2D eigenvalue weighted by Crippen LogP contribution is 2.23. The lowest BCUT2D eigenvalue weighted by atomic mass is 9.95. The van der Waals surface area contributed by atoms with Gasteiger partial charge in [-0.15, -0.1) is 0 Å². The maximum atomic E-state index is 13.1. The van der Waals surface area contributed by atoms with Gasteiger partial charge in [0.05, 0.1) is 6.54 Å². The number of carbonyl (C=O) groups excluding carboxylic acids is 3. The monoisotopic (exact) mass is 439 g/mol. The number of carbonyl (C=O) groups is 3. The average Bonchev–Trinajstić information content (AvgIpc) is 2.76. The third kappa shape index (κ3) is 5.52. The zero-order chi connectivity index (χ0) is 23.4. The summed E-state index contributed by atoms with van der Waals surface area (Å²) in [6.45, 7) is 6.79. The van der Waals surface area contributed by atoms with E-state index in [1.54, 1.807) is 11.9 Å². The molecule has 0 aromatic heterocycles. The molecule has 6 nitrogen and oxygen atoms in total. The number of amides is 3. The predicted molar refractivity (Wildman–Crippen MR) is 122 cm³/mol. The molecule has 0 bridgehead atoms. The van der Waals surface area contributed by atoms with Crippen LogP contribution in [0.3, 0.4) is 0 Å². The molecular formula is C25H30FN3O3. The van der Waals surface area contributed by atoms with Crippen LogP contribution >= 0.6 is 0 Å². The van der Waals surface area contributed by atoms with Gasteiger partial charge >= 0.3 is 0 Å². The molecule has 32 heavy (non-hydrogen) atoms. The third-order valence-corrected chi connectivity index (χ3v) is 5.92. The second-order valence-corrected chi connectivity index (χ2v) is 8.59. The van der Waals surface area contributed by atoms with E-state index in [1.165, 1.54) is 29.2 Å². The summed E-state index contributed by atoms with van der Waals surface area (Å²) in [5.74, 6) is -1.10. The highest BCUT2D eigenvalue weighted by Gasteiger charge is 2.30. The molecule has 0 atom stereocenters. The van der Waals surface area contributed by atoms with Gasteiger partial charge in [0.25, 0.3) is 5.91 Å². The van der Waals surface area contributed by atoms with Crippen LogP contribution in [0.15, 0.2) is 36.4 Å². The van der Waals surface area contributed by atoms with E-state index in [0.717, 1.165) is 22.4 Å². The fraction of sp³-hybridized carbons (Fsp3) is 0.400. The van der Waals surface area contributed by atoms with Crippen molar-refractivity contribution in [1.29, 1.82) is 0 Å². The van der Waals surface area contributed by atoms with Crippen molar-refractivity contribution in [3.63, 3.8) is 0 Å². The first kappa shape index (κ1) is 23.4. The van der Waals surface area contributed by atoms with Crippen molar-refractivity contribution < 1.29 is 18.8 Å². The van der Waals surface area contributed by atoms with Crippen molar-refractivity contribution in [3.05, 3.63) is 64.5 Å². The molecule has 170 valence electrons. The molecule has 0 saturated carbocycles. The standard InChI is InChI=1S/C25H30FN3O3/c1-16-13-17(2)23(18(3)14-16)27-22(30)15-28(4)24(31)20-9-11-29(12-10-20)25(32)19-5-7-21(26)8-6-19/h5-8,13-14,20H,9-12,15H2,1-4H3,(H,27,30). The summed E-state index contributed by atoms with van der Waals surface area (Å²) in [4.78, 5) is 41.1. The number of halogens is 1. The molecule has 0 radical (unpaired) electrons. The van der Waals surface area contributed by atoms with Crippen LogP contribution in [0, 0.1) is 32.5 Å². The van der Waals surface area contributed by atoms with E-state index in [9.17, 15) is 18.8 Å². The molecule has 2 aromatic carbocycles. The molecule has 0 spiro atoms. The van der Waals surface area contributed by atoms with E-state index >= 15 is 0 Å². The van der Waals surface area contributed by atoms with Crippen molar-refractivity contribution in [2.75, 3.05) is 32.0 Å². The lowest BCUT2D eigenvalue weighted by Gasteiger charge is -2.33. The normalized spacial score (nSPS) is 14.2. The number of nitrogens with one attached hydrogen (secondary N) is 1. The number of anilines is 1. The third-order valence-electron chi connectivity index (χ3n) is 5.92. The highest BCUT2D eigenvalue weighted by molar-refractivity contribution is 5.96. The van der Waals surface area contributed by atoms with E-state index in [4.69, 9.17) is 0 Å². The Morgan fingerprint density at radius 2 is 1.59 bits per heavy atom. The van der Waals surface area contributed by atoms with Gasteiger partial charge in [0.1, 0.15) is 5.82 Å². The Labute approximate surface area is 188 Å². The Hall–Kier alpha value is -3.22. The number of aryl methyl sites for hydroxylation is 3. The van der Waals surface area contributed by atoms with Crippen molar-refractivity contribution >= 4 is 23.4 Å². The maximum Gasteiger partial charge on any atom is 0.253 e. The van der Waals surface area contributed by atoms with Gasteiger partial charge in [-0.25, -0.2) is 4.39 Å². The Morgan fingerprint density at radius 3 is 2.16 bits per heavy atom. The molecular weight excluding hydrogens is 409 g/mol. The molecule has 1 aliphatic heterocycles. The number of likely N-dealkylation sites (N-methyl/N-ethyl adjacent to an activating group) is 1. The molecule has 1 heterocycles. The maximum absolute atomic E-state index is 13.1. The number of hydrogen-bond donors (Lipinski definition) is 1. The summed E-state index contributed by atoms with van der Waals surface area (Å²) in [7, 11) is 1.63. The van der Waals surface area contributed by atoms with Crippen molar-refractivity contribution in [2.24, 2.45) is 5.92 Å². The van der Waals surface area contributed by atoms with Crippen molar-refractivity contribution in [1.82, 2.24) is 9.80 Å². The first-order valence-electron chi connectivity index (χ1n) is 10.8. The van der Waals surface area contributed by atoms with E-state index in [0.29, 0.717) is 31.5 Å². The van der Waals surface area contributed by atoms with Crippen molar-refractivity contribution in [2.45, 2.75) is 33.6 Å². The fourth-order valence-corrected chi connectivity index (χ4v) is 4.27. The first-order valence-corrected chi connectivity index (χ1v) is 10.8. The SMILES string of the molecule is Cc1cc(C)c(NC(=O)CN(C)C(=O)C2CCN(C(=O)c3ccc(F)cc3)CC2)c(C)c1. The molecule has 1 N–H and O–H groups in total. The van der Waals surface area contributed by atoms with E-state index < -0.39 is 0 Å². The van der Waals surface area contributed by atoms with Gasteiger partial charge in [-0.1, -0.05) is 17.7 Å². The molecule has 2 aromatic rings. The molecule has 3 amide bonds. The van der Waals surface area contributed by atoms with Crippen LogP contribution in [0.5, 0.6) is 0 Å². The van der Waals surface area contributed by atoms with Crippen LogP contribution in [0.1, 0.15) is 39.9 Å². The minimum atomic E-state index is -0.384. The van der Waals surface area contributed by atoms with Gasteiger partial charge < -0.3 is 15.1 Å². The summed E-state index contributed by atoms with van der Waals surface area (Å²) in [6, 6.07) is 9.50. The Bertz CT molecular complexity index is 989. The van der Waals surface area contributed by atoms with Crippen LogP contribution in [0.4, 0.5) is 10.1 Å². The molecule has 1 fully saturated rings. The van der Waals surface area contributed by atoms with Crippen LogP contribution < -0.4 is 5.32 Å². The van der Waals surface area contributed by atoms with Gasteiger partial charge in [0, 0.05) is 37.3 Å². The summed E-state index contributed by atoms with van der Waals surface area (Å²) in [5, 5.41) is 2.93. The molecule has 1 saturated heterocycles. The van der Waals surface area contributed by atoms with Crippen molar-refractivity contribution in [3.8, 4) is 0 Å². The van der Waals surface area contributed by atoms with Crippen LogP contribution in [-0.2, 0) is 9.59 Å². The fourth-order valence-electron chi connectivity index (χ4n) is 4.27. The summed E-state index contributed by atoms with van der Waals surface area (Å²) >= 11 is 0. The lowest BCUT2D eigenvalue weighted by molar-refractivity contribution is -0.138. The number of hydrogen-bond acceptors (Lipinski definition) is 3. The summed E-state index contributed by atoms with van der Waals surface area (Å²) in [5.41, 5.74) is 4.33. The zero-order valence-electron chi connectivity index (χ0n) is 19.1. The number of piperidine rings is 1. The summed E-state index contributed by atoms with van der Waals surface area (Å²) in [6.07, 6.45) is 1.07. The minimum absolute atomic E-state index is 0.0275. The Morgan fingerprint density at radius 1 is 1.03 bits per heavy atom. The van der Waals surface area contributed by atoms with Gasteiger partial charge in [-0.3, -0.25) is 14.4 Å². The second kappa shape index (κ2) is 9.94. The predicted octanol–water partition coefficient (Wildman–Crippen LogP) is 3.70. The highest BCUT2D eigenvalue weighted by atomic mass is 19.1. The van der Waals surface area contributed by atoms with Gasteiger partial charge in [0.2, 0.25) is 11.8 Å². The van der Waals surface area contributed by atoms with Crippen LogP contribution in [0.2, 0.25) is 0 Å². The lowest BCUT2D eigenvalue weighted by Crippen LogP contribution is -2.45. The molecule has 0 unspecified atom stereocenters. The number of likely N-dealkylation sites (tertiary alicyclic amines) is 1. The smallest absolute Gasteiger partial charge is 0.253 e. The average molecular weight is 440 g/mol. The number of rotatable bonds is 5. The van der Waals surface area contributed by atoms with E-state index in [-0.39, 0.29) is 36.0 Å². The summed E-state index contributed by atoms with van der Waals surface area (Å²) < 4.78 is 13.1. The Kier molecular flexibility index (Phi) is 7.28. The quantitative estimate of drug-likeness (QED) is 0.772. The number of nitrogens with zero attached hydrogens (tertiary/aromatic N) is 2. The molecule has 1 aliphatic rings. The number of benzene rings is 2. The Balaban J connectivity index is 1.52. The van der Waals surface area contributed by atoms with E-state index in [1.807, 2.05) is 32.9 Å². The van der Waals surface area contributed by atoms with Crippen LogP contribution in [-0.4, -0.2) is 54.2 Å². The first-order chi connectivity index (χ1) is 15.2. The second-order valence-electron chi connectivity index (χ2n) is 8.59. The van der Waals surface area contributed by atoms with Crippen LogP contribution in [0.25, 0.3) is 0 Å². The van der Waals surface area contributed by atoms with E-state index in [2.05, 4.69) is 5.32 Å². The minimum Gasteiger partial charge on any atom is -0.339 e. The molecule has 0 aliphatic carbocycles. The van der Waals surface area contributed by atoms with Gasteiger partial charge in [0.15, 0.2) is 0 Å². The topological polar surface area (TPSA) is 69.7 Å². The van der Waals surface area contributed by atoms with Gasteiger partial charge in [-0.2, -0.15) is 0 Å². The largest absolute Gasteiger partial charge is 0.339 e. The molecule has 3 rings (SSSR count). The van der Waals surface area contributed by atoms with Gasteiger partial charge in [-0.05, 0) is 69.0 Å². The molecule has 7 heteroatoms.